The highest BCUT2D eigenvalue weighted by molar-refractivity contribution is 7.92. The van der Waals surface area contributed by atoms with Gasteiger partial charge in [0.2, 0.25) is 0 Å². The van der Waals surface area contributed by atoms with E-state index in [1.165, 1.54) is 12.1 Å². The molecule has 7 nitrogen and oxygen atoms in total. The van der Waals surface area contributed by atoms with E-state index in [1.54, 1.807) is 69.3 Å². The second-order valence-electron chi connectivity index (χ2n) is 7.12. The first-order chi connectivity index (χ1) is 15.2. The molecule has 3 rings (SSSR count). The molecule has 0 bridgehead atoms. The molecule has 8 heteroatoms. The second kappa shape index (κ2) is 9.65. The number of ether oxygens (including phenoxy) is 1. The summed E-state index contributed by atoms with van der Waals surface area (Å²) in [6, 6.07) is 17.9. The summed E-state index contributed by atoms with van der Waals surface area (Å²) in [7, 11) is -3.93. The van der Waals surface area contributed by atoms with Crippen LogP contribution in [0.5, 0.6) is 0 Å². The summed E-state index contributed by atoms with van der Waals surface area (Å²) >= 11 is 0. The molecule has 1 amide bonds. The van der Waals surface area contributed by atoms with Crippen LogP contribution in [0.1, 0.15) is 38.8 Å². The largest absolute Gasteiger partial charge is 0.462 e. The van der Waals surface area contributed by atoms with Crippen molar-refractivity contribution < 1.29 is 22.7 Å². The number of aryl methyl sites for hydroxylation is 2. The van der Waals surface area contributed by atoms with Crippen LogP contribution in [-0.2, 0) is 14.8 Å². The fraction of sp³-hybridized carbons (Fsp3) is 0.167. The molecule has 0 saturated carbocycles. The molecule has 0 aliphatic heterocycles. The molecule has 0 aliphatic carbocycles. The van der Waals surface area contributed by atoms with Crippen LogP contribution in [0.2, 0.25) is 0 Å². The minimum absolute atomic E-state index is 0.00733. The van der Waals surface area contributed by atoms with E-state index in [4.69, 9.17) is 4.74 Å². The number of nitrogens with one attached hydrogen (secondary N) is 2. The molecule has 32 heavy (non-hydrogen) atoms. The van der Waals surface area contributed by atoms with Gasteiger partial charge in [0.15, 0.2) is 0 Å². The van der Waals surface area contributed by atoms with Crippen molar-refractivity contribution in [1.82, 2.24) is 0 Å². The summed E-state index contributed by atoms with van der Waals surface area (Å²) < 4.78 is 33.6. The molecular formula is C24H24N2O5S. The van der Waals surface area contributed by atoms with Crippen LogP contribution in [0.3, 0.4) is 0 Å². The number of carbonyl (C=O) groups is 2. The number of esters is 1. The minimum Gasteiger partial charge on any atom is -0.462 e. The van der Waals surface area contributed by atoms with Gasteiger partial charge in [0, 0.05) is 5.56 Å². The zero-order valence-corrected chi connectivity index (χ0v) is 18.8. The normalized spacial score (nSPS) is 11.0. The summed E-state index contributed by atoms with van der Waals surface area (Å²) in [5.41, 5.74) is 2.36. The number of benzene rings is 3. The third-order valence-corrected chi connectivity index (χ3v) is 6.31. The maximum absolute atomic E-state index is 13.0. The van der Waals surface area contributed by atoms with E-state index in [2.05, 4.69) is 10.0 Å². The maximum atomic E-state index is 13.0. The van der Waals surface area contributed by atoms with Gasteiger partial charge in [-0.15, -0.1) is 0 Å². The summed E-state index contributed by atoms with van der Waals surface area (Å²) in [6.45, 7) is 5.35. The standard InChI is InChI=1S/C24H24N2O5S/c1-4-31-24(28)19-10-6-8-12-21(19)25-23(27)18-14-13-17(3)22(15-18)32(29,30)26-20-11-7-5-9-16(20)2/h5-15,26H,4H2,1-3H3,(H,25,27). The predicted molar refractivity (Wildman–Crippen MR) is 124 cm³/mol. The predicted octanol–water partition coefficient (Wildman–Crippen LogP) is 4.53. The van der Waals surface area contributed by atoms with E-state index in [0.29, 0.717) is 11.3 Å². The maximum Gasteiger partial charge on any atom is 0.340 e. The van der Waals surface area contributed by atoms with Gasteiger partial charge in [0.1, 0.15) is 0 Å². The van der Waals surface area contributed by atoms with Crippen LogP contribution >= 0.6 is 0 Å². The van der Waals surface area contributed by atoms with Gasteiger partial charge in [-0.1, -0.05) is 36.4 Å². The number of amides is 1. The van der Waals surface area contributed by atoms with Crippen molar-refractivity contribution >= 4 is 33.3 Å². The molecule has 0 fully saturated rings. The Bertz CT molecular complexity index is 1270. The van der Waals surface area contributed by atoms with E-state index in [9.17, 15) is 18.0 Å². The number of rotatable bonds is 7. The van der Waals surface area contributed by atoms with E-state index >= 15 is 0 Å². The number of hydrogen-bond acceptors (Lipinski definition) is 5. The highest BCUT2D eigenvalue weighted by atomic mass is 32.2. The summed E-state index contributed by atoms with van der Waals surface area (Å²) in [4.78, 5) is 25.0. The van der Waals surface area contributed by atoms with E-state index < -0.39 is 21.9 Å². The van der Waals surface area contributed by atoms with Gasteiger partial charge in [-0.2, -0.15) is 0 Å². The van der Waals surface area contributed by atoms with Gasteiger partial charge in [-0.05, 0) is 62.2 Å². The van der Waals surface area contributed by atoms with Crippen LogP contribution in [0.4, 0.5) is 11.4 Å². The second-order valence-corrected chi connectivity index (χ2v) is 8.77. The van der Waals surface area contributed by atoms with Crippen molar-refractivity contribution in [1.29, 1.82) is 0 Å². The molecule has 0 atom stereocenters. The Hall–Kier alpha value is -3.65. The quantitative estimate of drug-likeness (QED) is 0.513. The lowest BCUT2D eigenvalue weighted by Gasteiger charge is -2.14. The Kier molecular flexibility index (Phi) is 6.95. The monoisotopic (exact) mass is 452 g/mol. The Morgan fingerprint density at radius 1 is 0.875 bits per heavy atom. The summed E-state index contributed by atoms with van der Waals surface area (Å²) in [5.74, 6) is -1.10. The number of para-hydroxylation sites is 2. The molecule has 0 saturated heterocycles. The highest BCUT2D eigenvalue weighted by Gasteiger charge is 2.21. The Morgan fingerprint density at radius 2 is 1.53 bits per heavy atom. The van der Waals surface area contributed by atoms with Gasteiger partial charge in [-0.25, -0.2) is 13.2 Å². The van der Waals surface area contributed by atoms with Crippen LogP contribution in [0.25, 0.3) is 0 Å². The average Bonchev–Trinajstić information content (AvgIpc) is 2.76. The topological polar surface area (TPSA) is 102 Å². The first kappa shape index (κ1) is 23.0. The SMILES string of the molecule is CCOC(=O)c1ccccc1NC(=O)c1ccc(C)c(S(=O)(=O)Nc2ccccc2C)c1. The molecule has 0 aromatic heterocycles. The molecule has 166 valence electrons. The van der Waals surface area contributed by atoms with E-state index in [0.717, 1.165) is 5.56 Å². The lowest BCUT2D eigenvalue weighted by Crippen LogP contribution is -2.18. The smallest absolute Gasteiger partial charge is 0.340 e. The van der Waals surface area contributed by atoms with Gasteiger partial charge >= 0.3 is 5.97 Å². The van der Waals surface area contributed by atoms with E-state index in [-0.39, 0.29) is 28.3 Å². The zero-order valence-electron chi connectivity index (χ0n) is 18.0. The van der Waals surface area contributed by atoms with Crippen LogP contribution in [0.15, 0.2) is 71.6 Å². The van der Waals surface area contributed by atoms with Crippen molar-refractivity contribution in [2.45, 2.75) is 25.7 Å². The molecule has 0 radical (unpaired) electrons. The van der Waals surface area contributed by atoms with Crippen LogP contribution in [-0.4, -0.2) is 26.9 Å². The van der Waals surface area contributed by atoms with Gasteiger partial charge < -0.3 is 10.1 Å². The van der Waals surface area contributed by atoms with Gasteiger partial charge in [0.05, 0.1) is 28.4 Å². The molecule has 0 aliphatic rings. The Morgan fingerprint density at radius 3 is 2.22 bits per heavy atom. The molecule has 3 aromatic rings. The highest BCUT2D eigenvalue weighted by Crippen LogP contribution is 2.24. The average molecular weight is 453 g/mol. The Labute approximate surface area is 187 Å². The number of hydrogen-bond donors (Lipinski definition) is 2. The van der Waals surface area contributed by atoms with Crippen molar-refractivity contribution in [3.63, 3.8) is 0 Å². The molecule has 0 spiro atoms. The minimum atomic E-state index is -3.93. The summed E-state index contributed by atoms with van der Waals surface area (Å²) in [5, 5.41) is 2.67. The lowest BCUT2D eigenvalue weighted by molar-refractivity contribution is 0.0527. The van der Waals surface area contributed by atoms with Crippen LogP contribution < -0.4 is 10.0 Å². The molecule has 0 heterocycles. The van der Waals surface area contributed by atoms with Gasteiger partial charge in [0.25, 0.3) is 15.9 Å². The summed E-state index contributed by atoms with van der Waals surface area (Å²) in [6.07, 6.45) is 0. The molecule has 0 unspecified atom stereocenters. The fourth-order valence-corrected chi connectivity index (χ4v) is 4.49. The molecule has 2 N–H and O–H groups in total. The van der Waals surface area contributed by atoms with Crippen molar-refractivity contribution in [2.24, 2.45) is 0 Å². The van der Waals surface area contributed by atoms with Crippen molar-refractivity contribution in [2.75, 3.05) is 16.6 Å². The van der Waals surface area contributed by atoms with Gasteiger partial charge in [-0.3, -0.25) is 9.52 Å². The fourth-order valence-electron chi connectivity index (χ4n) is 3.09. The van der Waals surface area contributed by atoms with Crippen molar-refractivity contribution in [3.05, 3.63) is 89.0 Å². The first-order valence-electron chi connectivity index (χ1n) is 9.99. The molecular weight excluding hydrogens is 428 g/mol. The first-order valence-corrected chi connectivity index (χ1v) is 11.5. The third-order valence-electron chi connectivity index (χ3n) is 4.80. The Balaban J connectivity index is 1.90. The third kappa shape index (κ3) is 5.15. The lowest BCUT2D eigenvalue weighted by atomic mass is 10.1. The van der Waals surface area contributed by atoms with Crippen molar-refractivity contribution in [3.8, 4) is 0 Å². The zero-order chi connectivity index (χ0) is 23.3. The van der Waals surface area contributed by atoms with Crippen LogP contribution in [0, 0.1) is 13.8 Å². The number of carbonyl (C=O) groups excluding carboxylic acids is 2. The number of anilines is 2. The number of sulfonamides is 1. The van der Waals surface area contributed by atoms with E-state index in [1.807, 2.05) is 6.07 Å². The molecule has 3 aromatic carbocycles.